The molecule has 0 saturated carbocycles. The van der Waals surface area contributed by atoms with Gasteiger partial charge in [-0.3, -0.25) is 14.4 Å². The predicted molar refractivity (Wildman–Crippen MR) is 105 cm³/mol. The minimum absolute atomic E-state index is 0.0333. The maximum absolute atomic E-state index is 12.4. The molecule has 0 radical (unpaired) electrons. The standard InChI is InChI=1S/C20H23N3O4/c1-12(20(26)23-16-7-5-15(6-8-16)13(2)24)21-18-11-17(22-14(3)25)9-10-19(18)27-4/h5-12,21H,1-4H3,(H,22,25)(H,23,26)/t12-/m1/s1. The molecule has 2 aromatic rings. The molecule has 27 heavy (non-hydrogen) atoms. The van der Waals surface area contributed by atoms with Crippen molar-refractivity contribution in [1.29, 1.82) is 0 Å². The zero-order chi connectivity index (χ0) is 20.0. The third-order valence-corrected chi connectivity index (χ3v) is 3.84. The van der Waals surface area contributed by atoms with Gasteiger partial charge in [-0.05, 0) is 56.3 Å². The van der Waals surface area contributed by atoms with Crippen LogP contribution in [0.4, 0.5) is 17.1 Å². The molecule has 0 aliphatic carbocycles. The second-order valence-electron chi connectivity index (χ2n) is 6.09. The number of rotatable bonds is 7. The summed E-state index contributed by atoms with van der Waals surface area (Å²) in [4.78, 5) is 35.0. The summed E-state index contributed by atoms with van der Waals surface area (Å²) in [5.41, 5.74) is 2.35. The number of nitrogens with one attached hydrogen (secondary N) is 3. The highest BCUT2D eigenvalue weighted by Gasteiger charge is 2.16. The van der Waals surface area contributed by atoms with Crippen molar-refractivity contribution in [3.05, 3.63) is 48.0 Å². The van der Waals surface area contributed by atoms with Crippen LogP contribution in [0, 0.1) is 0 Å². The smallest absolute Gasteiger partial charge is 0.246 e. The molecule has 2 amide bonds. The SMILES string of the molecule is COc1ccc(NC(C)=O)cc1N[C@H](C)C(=O)Nc1ccc(C(C)=O)cc1. The zero-order valence-electron chi connectivity index (χ0n) is 15.8. The van der Waals surface area contributed by atoms with E-state index in [0.717, 1.165) is 0 Å². The van der Waals surface area contributed by atoms with Crippen molar-refractivity contribution in [3.63, 3.8) is 0 Å². The lowest BCUT2D eigenvalue weighted by Gasteiger charge is -2.18. The molecule has 0 bridgehead atoms. The quantitative estimate of drug-likeness (QED) is 0.651. The summed E-state index contributed by atoms with van der Waals surface area (Å²) in [6, 6.07) is 11.2. The number of amides is 2. The van der Waals surface area contributed by atoms with Crippen LogP contribution in [0.3, 0.4) is 0 Å². The first kappa shape index (κ1) is 20.0. The van der Waals surface area contributed by atoms with E-state index in [1.807, 2.05) is 0 Å². The number of carbonyl (C=O) groups is 3. The van der Waals surface area contributed by atoms with E-state index >= 15 is 0 Å². The Morgan fingerprint density at radius 2 is 1.56 bits per heavy atom. The monoisotopic (exact) mass is 369 g/mol. The molecule has 3 N–H and O–H groups in total. The molecule has 2 rings (SSSR count). The number of methoxy groups -OCH3 is 1. The number of carbonyl (C=O) groups excluding carboxylic acids is 3. The number of hydrogen-bond acceptors (Lipinski definition) is 5. The third kappa shape index (κ3) is 5.57. The van der Waals surface area contributed by atoms with Gasteiger partial charge in [-0.2, -0.15) is 0 Å². The first-order chi connectivity index (χ1) is 12.8. The van der Waals surface area contributed by atoms with Crippen molar-refractivity contribution in [1.82, 2.24) is 0 Å². The molecular weight excluding hydrogens is 346 g/mol. The second kappa shape index (κ2) is 8.84. The Kier molecular flexibility index (Phi) is 6.54. The van der Waals surface area contributed by atoms with Gasteiger partial charge >= 0.3 is 0 Å². The van der Waals surface area contributed by atoms with E-state index in [0.29, 0.717) is 28.4 Å². The van der Waals surface area contributed by atoms with Crippen molar-refractivity contribution in [2.75, 3.05) is 23.1 Å². The van der Waals surface area contributed by atoms with Gasteiger partial charge in [0.25, 0.3) is 0 Å². The molecular formula is C20H23N3O4. The van der Waals surface area contributed by atoms with Crippen molar-refractivity contribution in [2.45, 2.75) is 26.8 Å². The number of benzene rings is 2. The molecule has 0 saturated heterocycles. The van der Waals surface area contributed by atoms with Crippen LogP contribution in [0.1, 0.15) is 31.1 Å². The summed E-state index contributed by atoms with van der Waals surface area (Å²) in [5.74, 6) is 0.0760. The number of hydrogen-bond donors (Lipinski definition) is 3. The van der Waals surface area contributed by atoms with Gasteiger partial charge in [0, 0.05) is 23.9 Å². The summed E-state index contributed by atoms with van der Waals surface area (Å²) in [6.07, 6.45) is 0. The molecule has 0 spiro atoms. The fraction of sp³-hybridized carbons (Fsp3) is 0.250. The normalized spacial score (nSPS) is 11.3. The summed E-state index contributed by atoms with van der Waals surface area (Å²) in [5, 5.41) is 8.56. The number of ketones is 1. The van der Waals surface area contributed by atoms with Gasteiger partial charge in [0.2, 0.25) is 11.8 Å². The lowest BCUT2D eigenvalue weighted by atomic mass is 10.1. The van der Waals surface area contributed by atoms with E-state index < -0.39 is 6.04 Å². The number of anilines is 3. The number of Topliss-reactive ketones (excluding diaryl/α,β-unsaturated/α-hetero) is 1. The van der Waals surface area contributed by atoms with Crippen molar-refractivity contribution in [3.8, 4) is 5.75 Å². The maximum Gasteiger partial charge on any atom is 0.246 e. The van der Waals surface area contributed by atoms with E-state index in [9.17, 15) is 14.4 Å². The van der Waals surface area contributed by atoms with Crippen LogP contribution in [0.5, 0.6) is 5.75 Å². The Morgan fingerprint density at radius 1 is 0.926 bits per heavy atom. The van der Waals surface area contributed by atoms with Gasteiger partial charge in [-0.1, -0.05) is 0 Å². The van der Waals surface area contributed by atoms with Crippen LogP contribution in [0.2, 0.25) is 0 Å². The highest BCUT2D eigenvalue weighted by atomic mass is 16.5. The van der Waals surface area contributed by atoms with Crippen LogP contribution >= 0.6 is 0 Å². The minimum Gasteiger partial charge on any atom is -0.495 e. The third-order valence-electron chi connectivity index (χ3n) is 3.84. The van der Waals surface area contributed by atoms with Gasteiger partial charge in [0.05, 0.1) is 12.8 Å². The first-order valence-corrected chi connectivity index (χ1v) is 8.44. The largest absolute Gasteiger partial charge is 0.495 e. The minimum atomic E-state index is -0.570. The Bertz CT molecular complexity index is 847. The van der Waals surface area contributed by atoms with Gasteiger partial charge in [-0.15, -0.1) is 0 Å². The molecule has 7 nitrogen and oxygen atoms in total. The lowest BCUT2D eigenvalue weighted by Crippen LogP contribution is -2.32. The molecule has 0 aromatic heterocycles. The topological polar surface area (TPSA) is 96.5 Å². The summed E-state index contributed by atoms with van der Waals surface area (Å²) in [6.45, 7) is 4.62. The molecule has 0 unspecified atom stereocenters. The van der Waals surface area contributed by atoms with E-state index in [1.165, 1.54) is 21.0 Å². The van der Waals surface area contributed by atoms with Crippen molar-refractivity contribution < 1.29 is 19.1 Å². The molecule has 0 heterocycles. The highest BCUT2D eigenvalue weighted by Crippen LogP contribution is 2.28. The average molecular weight is 369 g/mol. The fourth-order valence-electron chi connectivity index (χ4n) is 2.44. The molecule has 0 fully saturated rings. The van der Waals surface area contributed by atoms with E-state index in [4.69, 9.17) is 4.74 Å². The van der Waals surface area contributed by atoms with Crippen LogP contribution in [0.25, 0.3) is 0 Å². The summed E-state index contributed by atoms with van der Waals surface area (Å²) in [7, 11) is 1.53. The van der Waals surface area contributed by atoms with Crippen molar-refractivity contribution in [2.24, 2.45) is 0 Å². The first-order valence-electron chi connectivity index (χ1n) is 8.44. The van der Waals surface area contributed by atoms with Gasteiger partial charge < -0.3 is 20.7 Å². The maximum atomic E-state index is 12.4. The van der Waals surface area contributed by atoms with Gasteiger partial charge in [0.15, 0.2) is 5.78 Å². The Hall–Kier alpha value is -3.35. The van der Waals surface area contributed by atoms with E-state index in [1.54, 1.807) is 49.4 Å². The summed E-state index contributed by atoms with van der Waals surface area (Å²) < 4.78 is 5.30. The molecule has 2 aromatic carbocycles. The van der Waals surface area contributed by atoms with Crippen LogP contribution in [0.15, 0.2) is 42.5 Å². The van der Waals surface area contributed by atoms with Crippen LogP contribution < -0.4 is 20.7 Å². The fourth-order valence-corrected chi connectivity index (χ4v) is 2.44. The summed E-state index contributed by atoms with van der Waals surface area (Å²) >= 11 is 0. The molecule has 1 atom stereocenters. The van der Waals surface area contributed by atoms with Crippen LogP contribution in [-0.4, -0.2) is 30.7 Å². The molecule has 142 valence electrons. The van der Waals surface area contributed by atoms with E-state index in [2.05, 4.69) is 16.0 Å². The Morgan fingerprint density at radius 3 is 2.11 bits per heavy atom. The zero-order valence-corrected chi connectivity index (χ0v) is 15.8. The predicted octanol–water partition coefficient (Wildman–Crippen LogP) is 3.30. The van der Waals surface area contributed by atoms with Gasteiger partial charge in [-0.25, -0.2) is 0 Å². The lowest BCUT2D eigenvalue weighted by molar-refractivity contribution is -0.116. The second-order valence-corrected chi connectivity index (χ2v) is 6.09. The molecule has 7 heteroatoms. The number of ether oxygens (including phenoxy) is 1. The van der Waals surface area contributed by atoms with Gasteiger partial charge in [0.1, 0.15) is 11.8 Å². The Labute approximate surface area is 158 Å². The van der Waals surface area contributed by atoms with Crippen molar-refractivity contribution >= 4 is 34.7 Å². The van der Waals surface area contributed by atoms with E-state index in [-0.39, 0.29) is 17.6 Å². The molecule has 0 aliphatic rings. The average Bonchev–Trinajstić information content (AvgIpc) is 2.61. The van der Waals surface area contributed by atoms with Crippen LogP contribution in [-0.2, 0) is 9.59 Å². The Balaban J connectivity index is 2.08. The molecule has 0 aliphatic heterocycles. The highest BCUT2D eigenvalue weighted by molar-refractivity contribution is 5.98.